The minimum Gasteiger partial charge on any atom is -1.00 e. The first-order chi connectivity index (χ1) is 7.78. The Kier molecular flexibility index (Phi) is 19.1. The van der Waals surface area contributed by atoms with Gasteiger partial charge in [-0.25, -0.2) is 0 Å². The Bertz CT molecular complexity index is 233. The molecule has 0 fully saturated rings. The molecule has 0 aromatic rings. The largest absolute Gasteiger partial charge is 1.00 e. The Morgan fingerprint density at radius 3 is 2.10 bits per heavy atom. The highest BCUT2D eigenvalue weighted by atomic mass is 35.5. The van der Waals surface area contributed by atoms with Crippen LogP contribution >= 0.6 is 0 Å². The summed E-state index contributed by atoms with van der Waals surface area (Å²) in [6.45, 7) is 7.95. The molecule has 0 rings (SSSR count). The number of quaternary nitrogens is 1. The van der Waals surface area contributed by atoms with Gasteiger partial charge < -0.3 is 27.1 Å². The molecular weight excluding hydrogens is 274 g/mol. The monoisotopic (exact) mass is 311 g/mol. The van der Waals surface area contributed by atoms with Crippen LogP contribution in [0.25, 0.3) is 0 Å². The van der Waals surface area contributed by atoms with Gasteiger partial charge in [0.25, 0.3) is 0 Å². The van der Waals surface area contributed by atoms with Crippen LogP contribution in [0.4, 0.5) is 0 Å². The van der Waals surface area contributed by atoms with E-state index < -0.39 is 0 Å². The zero-order valence-corrected chi connectivity index (χ0v) is 13.5. The summed E-state index contributed by atoms with van der Waals surface area (Å²) in [6.07, 6.45) is 0.907. The van der Waals surface area contributed by atoms with Crippen LogP contribution in [0, 0.1) is 5.92 Å². The number of carbonyl (C=O) groups excluding carboxylic acids is 1. The topological polar surface area (TPSA) is 32.3 Å². The molecule has 1 unspecified atom stereocenters. The summed E-state index contributed by atoms with van der Waals surface area (Å²) in [4.78, 5) is 13.8. The van der Waals surface area contributed by atoms with Crippen molar-refractivity contribution in [2.24, 2.45) is 5.92 Å². The maximum atomic E-state index is 11.6. The average Bonchev–Trinajstić information content (AvgIpc) is 2.25. The van der Waals surface area contributed by atoms with E-state index in [0.29, 0.717) is 0 Å². The molecule has 1 N–H and O–H groups in total. The first kappa shape index (κ1) is 27.9. The van der Waals surface area contributed by atoms with Gasteiger partial charge in [-0.1, -0.05) is 28.7 Å². The van der Waals surface area contributed by atoms with Crippen LogP contribution in [0.5, 0.6) is 0 Å². The highest BCUT2D eigenvalue weighted by Gasteiger charge is 2.16. The number of carbonyl (C=O) groups is 1. The molecule has 0 aromatic carbocycles. The van der Waals surface area contributed by atoms with Crippen LogP contribution in [-0.4, -0.2) is 69.7 Å². The van der Waals surface area contributed by atoms with E-state index in [4.69, 9.17) is 0 Å². The zero-order valence-electron chi connectivity index (χ0n) is 12.8. The van der Waals surface area contributed by atoms with Gasteiger partial charge >= 0.3 is 0 Å². The molecule has 0 aliphatic heterocycles. The third-order valence-corrected chi connectivity index (χ3v) is 3.23. The van der Waals surface area contributed by atoms with E-state index in [1.54, 1.807) is 0 Å². The molecule has 5 heteroatoms. The maximum absolute atomic E-state index is 11.6. The fourth-order valence-corrected chi connectivity index (χ4v) is 1.42. The average molecular weight is 312 g/mol. The highest BCUT2D eigenvalue weighted by molar-refractivity contribution is 5.78. The summed E-state index contributed by atoms with van der Waals surface area (Å²) in [5.74, 6) is 0.312. The van der Waals surface area contributed by atoms with Crippen molar-refractivity contribution in [2.45, 2.75) is 35.1 Å². The summed E-state index contributed by atoms with van der Waals surface area (Å²) >= 11 is 0. The van der Waals surface area contributed by atoms with Gasteiger partial charge in [-0.05, 0) is 20.5 Å². The quantitative estimate of drug-likeness (QED) is 0.587. The molecule has 0 spiro atoms. The van der Waals surface area contributed by atoms with Crippen molar-refractivity contribution in [3.05, 3.63) is 0 Å². The van der Waals surface area contributed by atoms with Crippen molar-refractivity contribution in [3.63, 3.8) is 0 Å². The lowest BCUT2D eigenvalue weighted by Crippen LogP contribution is -3.00. The van der Waals surface area contributed by atoms with Crippen molar-refractivity contribution in [1.29, 1.82) is 0 Å². The molecule has 126 valence electrons. The van der Waals surface area contributed by atoms with Crippen LogP contribution in [0.3, 0.4) is 0 Å². The Balaban J connectivity index is -0.000000427. The predicted octanol–water partition coefficient (Wildman–Crippen LogP) is -0.937. The third kappa shape index (κ3) is 14.1. The minimum absolute atomic E-state index is 0. The Morgan fingerprint density at radius 1 is 1.20 bits per heavy atom. The number of hydrogen-bond acceptors (Lipinski definition) is 2. The molecule has 4 nitrogen and oxygen atoms in total. The van der Waals surface area contributed by atoms with Crippen LogP contribution in [0.2, 0.25) is 0 Å². The SMILES string of the molecule is C.C.CCC(C)C(=O)NCC[N+](C)(C)CCN(C)C.[Cl-]. The van der Waals surface area contributed by atoms with Crippen LogP contribution in [0.15, 0.2) is 0 Å². The number of rotatable bonds is 8. The predicted molar refractivity (Wildman–Crippen MR) is 86.3 cm³/mol. The molecule has 1 amide bonds. The Labute approximate surface area is 133 Å². The van der Waals surface area contributed by atoms with Crippen LogP contribution in [0.1, 0.15) is 35.1 Å². The molecule has 0 radical (unpaired) electrons. The number of likely N-dealkylation sites (N-methyl/N-ethyl adjacent to an activating group) is 2. The van der Waals surface area contributed by atoms with Gasteiger partial charge in [0, 0.05) is 12.5 Å². The summed E-state index contributed by atoms with van der Waals surface area (Å²) in [7, 11) is 8.59. The lowest BCUT2D eigenvalue weighted by molar-refractivity contribution is -0.888. The van der Waals surface area contributed by atoms with Crippen molar-refractivity contribution in [3.8, 4) is 0 Å². The van der Waals surface area contributed by atoms with Gasteiger partial charge in [0.15, 0.2) is 0 Å². The Morgan fingerprint density at radius 2 is 1.70 bits per heavy atom. The van der Waals surface area contributed by atoms with Crippen LogP contribution < -0.4 is 17.7 Å². The maximum Gasteiger partial charge on any atom is 0.223 e. The lowest BCUT2D eigenvalue weighted by Gasteiger charge is -2.31. The standard InChI is InChI=1S/C13H29N3O.2CH4.ClH/c1-7-12(2)13(17)14-8-10-16(5,6)11-9-15(3)4;;;/h12H,7-11H2,1-6H3;2*1H4;1H. The van der Waals surface area contributed by atoms with Crippen molar-refractivity contribution in [1.82, 2.24) is 10.2 Å². The van der Waals surface area contributed by atoms with Crippen LogP contribution in [-0.2, 0) is 4.79 Å². The fourth-order valence-electron chi connectivity index (χ4n) is 1.42. The smallest absolute Gasteiger partial charge is 0.223 e. The number of amides is 1. The number of nitrogens with one attached hydrogen (secondary N) is 1. The first-order valence-electron chi connectivity index (χ1n) is 6.53. The van der Waals surface area contributed by atoms with Gasteiger partial charge in [0.1, 0.15) is 0 Å². The molecule has 0 bridgehead atoms. The van der Waals surface area contributed by atoms with E-state index in [1.165, 1.54) is 0 Å². The molecule has 0 heterocycles. The minimum atomic E-state index is 0. The van der Waals surface area contributed by atoms with E-state index in [2.05, 4.69) is 38.4 Å². The summed E-state index contributed by atoms with van der Waals surface area (Å²) in [6, 6.07) is 0. The second kappa shape index (κ2) is 13.7. The van der Waals surface area contributed by atoms with Gasteiger partial charge in [-0.15, -0.1) is 0 Å². The molecule has 0 saturated carbocycles. The Hall–Kier alpha value is -0.320. The van der Waals surface area contributed by atoms with E-state index >= 15 is 0 Å². The van der Waals surface area contributed by atoms with Crippen molar-refractivity contribution < 1.29 is 21.7 Å². The molecule has 0 aliphatic rings. The van der Waals surface area contributed by atoms with Gasteiger partial charge in [-0.2, -0.15) is 0 Å². The molecule has 0 aliphatic carbocycles. The fraction of sp³-hybridized carbons (Fsp3) is 0.933. The summed E-state index contributed by atoms with van der Waals surface area (Å²) < 4.78 is 0.943. The number of nitrogens with zero attached hydrogens (tertiary/aromatic N) is 2. The molecule has 0 aromatic heterocycles. The lowest BCUT2D eigenvalue weighted by atomic mass is 10.1. The third-order valence-electron chi connectivity index (χ3n) is 3.23. The molecule has 0 saturated heterocycles. The molecule has 20 heavy (non-hydrogen) atoms. The normalized spacial score (nSPS) is 11.8. The summed E-state index contributed by atoms with van der Waals surface area (Å²) in [5, 5.41) is 3.01. The van der Waals surface area contributed by atoms with Crippen molar-refractivity contribution >= 4 is 5.91 Å². The first-order valence-corrected chi connectivity index (χ1v) is 6.53. The summed E-state index contributed by atoms with van der Waals surface area (Å²) in [5.41, 5.74) is 0. The van der Waals surface area contributed by atoms with E-state index in [-0.39, 0.29) is 39.1 Å². The van der Waals surface area contributed by atoms with Gasteiger partial charge in [0.05, 0.1) is 33.7 Å². The number of halogens is 1. The van der Waals surface area contributed by atoms with E-state index in [0.717, 1.165) is 37.1 Å². The van der Waals surface area contributed by atoms with E-state index in [1.807, 2.05) is 13.8 Å². The second-order valence-corrected chi connectivity index (χ2v) is 5.79. The van der Waals surface area contributed by atoms with Gasteiger partial charge in [0.2, 0.25) is 5.91 Å². The zero-order chi connectivity index (χ0) is 13.5. The molecular formula is C15H38ClN3O. The van der Waals surface area contributed by atoms with Crippen molar-refractivity contribution in [2.75, 3.05) is 54.4 Å². The molecule has 1 atom stereocenters. The van der Waals surface area contributed by atoms with Gasteiger partial charge in [-0.3, -0.25) is 4.79 Å². The second-order valence-electron chi connectivity index (χ2n) is 5.79. The van der Waals surface area contributed by atoms with E-state index in [9.17, 15) is 4.79 Å². The number of hydrogen-bond donors (Lipinski definition) is 1. The highest BCUT2D eigenvalue weighted by Crippen LogP contribution is 2.00.